The van der Waals surface area contributed by atoms with Gasteiger partial charge in [0.25, 0.3) is 11.5 Å². The predicted octanol–water partition coefficient (Wildman–Crippen LogP) is 4.94. The highest BCUT2D eigenvalue weighted by Crippen LogP contribution is 2.30. The van der Waals surface area contributed by atoms with Crippen LogP contribution in [0.5, 0.6) is 0 Å². The molecule has 1 aliphatic rings. The number of carboxylic acids is 1. The number of aromatic carboxylic acids is 1. The molecule has 39 heavy (non-hydrogen) atoms. The fourth-order valence-corrected chi connectivity index (χ4v) is 5.27. The number of amides is 1. The number of aryl methyl sites for hydroxylation is 2. The normalized spacial score (nSPS) is 13.7. The molecule has 1 fully saturated rings. The molecule has 0 atom stereocenters. The van der Waals surface area contributed by atoms with Gasteiger partial charge in [-0.2, -0.15) is 0 Å². The van der Waals surface area contributed by atoms with Gasteiger partial charge in [-0.15, -0.1) is 0 Å². The van der Waals surface area contributed by atoms with Gasteiger partial charge >= 0.3 is 5.97 Å². The highest BCUT2D eigenvalue weighted by Gasteiger charge is 2.23. The molecule has 0 unspecified atom stereocenters. The number of nitrogens with one attached hydrogen (secondary N) is 2. The molecule has 1 aromatic heterocycles. The SMILES string of the molecule is CCCc1cc(C)[nH]c(=O)c1CNC(=O)c1cc(-c2ccc(C(=O)O)cc2)cc(N(CC)C2CCOCC2)c1. The van der Waals surface area contributed by atoms with Crippen molar-refractivity contribution in [3.8, 4) is 11.1 Å². The molecule has 0 radical (unpaired) electrons. The molecule has 8 heteroatoms. The monoisotopic (exact) mass is 531 g/mol. The lowest BCUT2D eigenvalue weighted by Gasteiger charge is -2.35. The smallest absolute Gasteiger partial charge is 0.335 e. The average molecular weight is 532 g/mol. The quantitative estimate of drug-likeness (QED) is 0.342. The maximum Gasteiger partial charge on any atom is 0.335 e. The van der Waals surface area contributed by atoms with E-state index in [1.807, 2.05) is 25.1 Å². The van der Waals surface area contributed by atoms with E-state index >= 15 is 0 Å². The second-order valence-electron chi connectivity index (χ2n) is 10.00. The van der Waals surface area contributed by atoms with Crippen molar-refractivity contribution < 1.29 is 19.4 Å². The largest absolute Gasteiger partial charge is 0.478 e. The molecule has 4 rings (SSSR count). The third kappa shape index (κ3) is 6.75. The fourth-order valence-electron chi connectivity index (χ4n) is 5.27. The van der Waals surface area contributed by atoms with E-state index in [2.05, 4.69) is 35.1 Å². The Labute approximate surface area is 229 Å². The molecule has 0 bridgehead atoms. The van der Waals surface area contributed by atoms with Crippen LogP contribution in [0.1, 0.15) is 70.6 Å². The highest BCUT2D eigenvalue weighted by atomic mass is 16.5. The topological polar surface area (TPSA) is 112 Å². The van der Waals surface area contributed by atoms with Crippen molar-refractivity contribution in [2.24, 2.45) is 0 Å². The van der Waals surface area contributed by atoms with Gasteiger partial charge in [0.2, 0.25) is 0 Å². The summed E-state index contributed by atoms with van der Waals surface area (Å²) >= 11 is 0. The van der Waals surface area contributed by atoms with Gasteiger partial charge in [0.1, 0.15) is 0 Å². The van der Waals surface area contributed by atoms with Crippen molar-refractivity contribution in [3.05, 3.63) is 86.8 Å². The van der Waals surface area contributed by atoms with Crippen LogP contribution >= 0.6 is 0 Å². The molecule has 3 N–H and O–H groups in total. The van der Waals surface area contributed by atoms with Gasteiger partial charge in [-0.25, -0.2) is 4.79 Å². The summed E-state index contributed by atoms with van der Waals surface area (Å²) in [4.78, 5) is 42.7. The van der Waals surface area contributed by atoms with Crippen molar-refractivity contribution in [2.45, 2.75) is 59.0 Å². The lowest BCUT2D eigenvalue weighted by Crippen LogP contribution is -2.39. The Kier molecular flexibility index (Phi) is 9.19. The molecule has 2 heterocycles. The van der Waals surface area contributed by atoms with Crippen LogP contribution in [0.3, 0.4) is 0 Å². The Bertz CT molecular complexity index is 1370. The van der Waals surface area contributed by atoms with E-state index < -0.39 is 5.97 Å². The summed E-state index contributed by atoms with van der Waals surface area (Å²) in [6, 6.07) is 14.7. The fraction of sp³-hybridized carbons (Fsp3) is 0.387. The van der Waals surface area contributed by atoms with Gasteiger partial charge in [-0.05, 0) is 86.2 Å². The summed E-state index contributed by atoms with van der Waals surface area (Å²) in [5.74, 6) is -1.26. The number of hydrogen-bond acceptors (Lipinski definition) is 5. The van der Waals surface area contributed by atoms with Crippen molar-refractivity contribution in [1.82, 2.24) is 10.3 Å². The summed E-state index contributed by atoms with van der Waals surface area (Å²) in [5.41, 5.74) is 5.40. The van der Waals surface area contributed by atoms with Gasteiger partial charge in [-0.1, -0.05) is 25.5 Å². The Balaban J connectivity index is 1.69. The molecule has 1 aliphatic heterocycles. The summed E-state index contributed by atoms with van der Waals surface area (Å²) in [6.07, 6.45) is 3.47. The Morgan fingerprint density at radius 3 is 2.38 bits per heavy atom. The number of aromatic amines is 1. The average Bonchev–Trinajstić information content (AvgIpc) is 2.93. The van der Waals surface area contributed by atoms with Crippen LogP contribution in [0, 0.1) is 6.92 Å². The Morgan fingerprint density at radius 1 is 1.03 bits per heavy atom. The number of H-pyrrole nitrogens is 1. The van der Waals surface area contributed by atoms with Crippen LogP contribution in [0.25, 0.3) is 11.1 Å². The molecule has 2 aromatic carbocycles. The Morgan fingerprint density at radius 2 is 1.74 bits per heavy atom. The van der Waals surface area contributed by atoms with Crippen LogP contribution in [0.4, 0.5) is 5.69 Å². The Hall–Kier alpha value is -3.91. The summed E-state index contributed by atoms with van der Waals surface area (Å²) in [5, 5.41) is 12.3. The zero-order valence-electron chi connectivity index (χ0n) is 22.9. The first-order valence-corrected chi connectivity index (χ1v) is 13.6. The number of benzene rings is 2. The second kappa shape index (κ2) is 12.8. The first-order chi connectivity index (χ1) is 18.8. The number of nitrogens with zero attached hydrogens (tertiary/aromatic N) is 1. The van der Waals surface area contributed by atoms with E-state index in [0.717, 1.165) is 60.3 Å². The summed E-state index contributed by atoms with van der Waals surface area (Å²) in [6.45, 7) is 8.33. The van der Waals surface area contributed by atoms with Crippen molar-refractivity contribution in [1.29, 1.82) is 0 Å². The van der Waals surface area contributed by atoms with E-state index in [9.17, 15) is 19.5 Å². The number of carbonyl (C=O) groups excluding carboxylic acids is 1. The van der Waals surface area contributed by atoms with Crippen LogP contribution in [0.15, 0.2) is 53.3 Å². The third-order valence-corrected chi connectivity index (χ3v) is 7.26. The number of carboxylic acid groups (broad SMARTS) is 1. The van der Waals surface area contributed by atoms with Crippen molar-refractivity contribution in [3.63, 3.8) is 0 Å². The molecule has 1 amide bonds. The first kappa shape index (κ1) is 28.1. The molecular formula is C31H37N3O5. The lowest BCUT2D eigenvalue weighted by molar-refractivity contribution is 0.0696. The lowest BCUT2D eigenvalue weighted by atomic mass is 9.98. The molecular weight excluding hydrogens is 494 g/mol. The van der Waals surface area contributed by atoms with E-state index in [1.165, 1.54) is 0 Å². The van der Waals surface area contributed by atoms with Gasteiger partial charge in [0.05, 0.1) is 5.56 Å². The second-order valence-corrected chi connectivity index (χ2v) is 10.00. The van der Waals surface area contributed by atoms with E-state index in [-0.39, 0.29) is 23.6 Å². The first-order valence-electron chi connectivity index (χ1n) is 13.6. The maximum atomic E-state index is 13.5. The van der Waals surface area contributed by atoms with Gasteiger partial charge in [0.15, 0.2) is 0 Å². The third-order valence-electron chi connectivity index (χ3n) is 7.26. The summed E-state index contributed by atoms with van der Waals surface area (Å²) < 4.78 is 5.57. The highest BCUT2D eigenvalue weighted by molar-refractivity contribution is 5.97. The molecule has 0 aliphatic carbocycles. The standard InChI is InChI=1S/C31H37N3O5/c1-4-6-23-15-20(3)33-30(36)28(23)19-32-29(35)25-16-24(21-7-9-22(10-8-21)31(37)38)17-27(18-25)34(5-2)26-11-13-39-14-12-26/h7-10,15-18,26H,4-6,11-14,19H2,1-3H3,(H,32,35)(H,33,36)(H,37,38). The number of pyridine rings is 1. The number of aromatic nitrogens is 1. The number of carbonyl (C=O) groups is 2. The van der Waals surface area contributed by atoms with E-state index in [4.69, 9.17) is 4.74 Å². The minimum atomic E-state index is -0.986. The number of rotatable bonds is 10. The minimum Gasteiger partial charge on any atom is -0.478 e. The zero-order valence-corrected chi connectivity index (χ0v) is 22.9. The van der Waals surface area contributed by atoms with Gasteiger partial charge in [0, 0.05) is 54.9 Å². The minimum absolute atomic E-state index is 0.133. The van der Waals surface area contributed by atoms with Crippen LogP contribution in [0.2, 0.25) is 0 Å². The van der Waals surface area contributed by atoms with E-state index in [1.54, 1.807) is 24.3 Å². The molecule has 8 nitrogen and oxygen atoms in total. The summed E-state index contributed by atoms with van der Waals surface area (Å²) in [7, 11) is 0. The number of anilines is 1. The maximum absolute atomic E-state index is 13.5. The zero-order chi connectivity index (χ0) is 27.9. The molecule has 0 saturated carbocycles. The molecule has 206 valence electrons. The molecule has 0 spiro atoms. The van der Waals surface area contributed by atoms with Crippen molar-refractivity contribution in [2.75, 3.05) is 24.7 Å². The van der Waals surface area contributed by atoms with E-state index in [0.29, 0.717) is 30.4 Å². The van der Waals surface area contributed by atoms with Crippen LogP contribution in [-0.4, -0.2) is 47.8 Å². The molecule has 1 saturated heterocycles. The number of ether oxygens (including phenoxy) is 1. The van der Waals surface area contributed by atoms with Gasteiger partial charge < -0.3 is 25.0 Å². The predicted molar refractivity (Wildman–Crippen MR) is 153 cm³/mol. The van der Waals surface area contributed by atoms with Gasteiger partial charge in [-0.3, -0.25) is 9.59 Å². The van der Waals surface area contributed by atoms with Crippen LogP contribution in [-0.2, 0) is 17.7 Å². The van der Waals surface area contributed by atoms with Crippen molar-refractivity contribution >= 4 is 17.6 Å². The van der Waals surface area contributed by atoms with Crippen LogP contribution < -0.4 is 15.8 Å². The number of hydrogen-bond donors (Lipinski definition) is 3. The molecule has 3 aromatic rings.